The Morgan fingerprint density at radius 1 is 1.35 bits per heavy atom. The molecule has 1 aliphatic rings. The van der Waals surface area contributed by atoms with Gasteiger partial charge in [-0.1, -0.05) is 12.1 Å². The Kier molecular flexibility index (Phi) is 4.34. The van der Waals surface area contributed by atoms with E-state index in [0.29, 0.717) is 5.56 Å². The van der Waals surface area contributed by atoms with Crippen LogP contribution in [0.5, 0.6) is 0 Å². The van der Waals surface area contributed by atoms with E-state index < -0.39 is 35.4 Å². The van der Waals surface area contributed by atoms with E-state index in [1.807, 2.05) is 0 Å². The van der Waals surface area contributed by atoms with Crippen molar-refractivity contribution in [1.29, 1.82) is 0 Å². The predicted octanol–water partition coefficient (Wildman–Crippen LogP) is 2.43. The molecule has 1 amide bonds. The quantitative estimate of drug-likeness (QED) is 0.666. The second-order valence-electron chi connectivity index (χ2n) is 5.55. The molecule has 23 heavy (non-hydrogen) atoms. The predicted molar refractivity (Wildman–Crippen MR) is 74.0 cm³/mol. The number of alkyl halides is 3. The minimum absolute atomic E-state index is 0.160. The maximum atomic E-state index is 12.8. The molecule has 1 aromatic rings. The molecular weight excluding hydrogens is 317 g/mol. The number of aryl methyl sites for hydroxylation is 1. The Morgan fingerprint density at radius 3 is 2.39 bits per heavy atom. The van der Waals surface area contributed by atoms with Crippen molar-refractivity contribution in [3.63, 3.8) is 0 Å². The summed E-state index contributed by atoms with van der Waals surface area (Å²) in [6.45, 7) is 0.841. The summed E-state index contributed by atoms with van der Waals surface area (Å²) in [5, 5.41) is 20.7. The number of para-hydroxylation sites is 1. The zero-order valence-electron chi connectivity index (χ0n) is 12.3. The smallest absolute Gasteiger partial charge is 0.380 e. The molecule has 1 heterocycles. The number of hydrogen-bond donors (Lipinski definition) is 1. The average Bonchev–Trinajstić information content (AvgIpc) is 2.45. The van der Waals surface area contributed by atoms with Gasteiger partial charge in [-0.05, 0) is 13.0 Å². The van der Waals surface area contributed by atoms with Gasteiger partial charge in [0.1, 0.15) is 5.56 Å². The number of carbonyl (C=O) groups excluding carboxylic acids is 1. The molecule has 1 fully saturated rings. The second-order valence-corrected chi connectivity index (χ2v) is 5.55. The molecule has 0 aliphatic carbocycles. The third-order valence-electron chi connectivity index (χ3n) is 4.06. The summed E-state index contributed by atoms with van der Waals surface area (Å²) in [7, 11) is 0. The first kappa shape index (κ1) is 17.2. The summed E-state index contributed by atoms with van der Waals surface area (Å²) in [6, 6.07) is 4.23. The van der Waals surface area contributed by atoms with Crippen LogP contribution >= 0.6 is 0 Å². The zero-order valence-corrected chi connectivity index (χ0v) is 12.3. The lowest BCUT2D eigenvalue weighted by Gasteiger charge is -2.39. The van der Waals surface area contributed by atoms with E-state index in [-0.39, 0.29) is 24.3 Å². The van der Waals surface area contributed by atoms with Crippen molar-refractivity contribution < 1.29 is 28.0 Å². The number of benzene rings is 1. The number of piperidine rings is 1. The van der Waals surface area contributed by atoms with Gasteiger partial charge >= 0.3 is 6.18 Å². The average molecular weight is 332 g/mol. The van der Waals surface area contributed by atoms with Gasteiger partial charge in [-0.15, -0.1) is 0 Å². The number of halogens is 3. The molecule has 1 saturated heterocycles. The molecule has 2 rings (SSSR count). The van der Waals surface area contributed by atoms with Crippen molar-refractivity contribution >= 4 is 11.6 Å². The van der Waals surface area contributed by atoms with E-state index in [2.05, 4.69) is 0 Å². The summed E-state index contributed by atoms with van der Waals surface area (Å²) >= 11 is 0. The van der Waals surface area contributed by atoms with Gasteiger partial charge < -0.3 is 10.0 Å². The molecule has 0 aromatic heterocycles. The number of carbonyl (C=O) groups is 1. The van der Waals surface area contributed by atoms with Crippen LogP contribution in [-0.2, 0) is 0 Å². The number of nitro benzene ring substituents is 1. The van der Waals surface area contributed by atoms with Crippen LogP contribution in [0, 0.1) is 17.0 Å². The highest BCUT2D eigenvalue weighted by Crippen LogP contribution is 2.38. The molecule has 0 saturated carbocycles. The van der Waals surface area contributed by atoms with E-state index in [9.17, 15) is 33.2 Å². The maximum Gasteiger partial charge on any atom is 0.417 e. The van der Waals surface area contributed by atoms with Crippen LogP contribution in [0.2, 0.25) is 0 Å². The maximum absolute atomic E-state index is 12.8. The van der Waals surface area contributed by atoms with E-state index in [4.69, 9.17) is 0 Å². The van der Waals surface area contributed by atoms with Crippen molar-refractivity contribution in [3.05, 3.63) is 39.4 Å². The highest BCUT2D eigenvalue weighted by atomic mass is 19.4. The summed E-state index contributed by atoms with van der Waals surface area (Å²) in [5.74, 6) is -0.704. The van der Waals surface area contributed by atoms with Crippen molar-refractivity contribution in [1.82, 2.24) is 4.90 Å². The molecule has 126 valence electrons. The Morgan fingerprint density at radius 2 is 1.91 bits per heavy atom. The van der Waals surface area contributed by atoms with Crippen LogP contribution in [0.25, 0.3) is 0 Å². The first-order valence-electron chi connectivity index (χ1n) is 6.89. The van der Waals surface area contributed by atoms with E-state index >= 15 is 0 Å². The third-order valence-corrected chi connectivity index (χ3v) is 4.06. The van der Waals surface area contributed by atoms with Gasteiger partial charge in [0.05, 0.1) is 4.92 Å². The summed E-state index contributed by atoms with van der Waals surface area (Å²) in [4.78, 5) is 23.9. The number of nitrogens with zero attached hydrogens (tertiary/aromatic N) is 2. The SMILES string of the molecule is Cc1cccc(C(=O)N2CCC(O)(C(F)(F)F)CC2)c1[N+](=O)[O-]. The topological polar surface area (TPSA) is 83.7 Å². The fraction of sp³-hybridized carbons (Fsp3) is 0.500. The standard InChI is InChI=1S/C14H15F3N2O4/c1-9-3-2-4-10(11(9)19(22)23)12(20)18-7-5-13(21,6-8-18)14(15,16)17/h2-4,21H,5-8H2,1H3. The zero-order chi connectivity index (χ0) is 17.4. The summed E-state index contributed by atoms with van der Waals surface area (Å²) in [5.41, 5.74) is -3.03. The van der Waals surface area contributed by atoms with Crippen molar-refractivity contribution in [2.45, 2.75) is 31.5 Å². The number of nitro groups is 1. The minimum atomic E-state index is -4.77. The Labute approximate surface area is 129 Å². The molecule has 6 nitrogen and oxygen atoms in total. The van der Waals surface area contributed by atoms with Crippen LogP contribution < -0.4 is 0 Å². The molecule has 0 atom stereocenters. The normalized spacial score (nSPS) is 17.9. The van der Waals surface area contributed by atoms with Crippen LogP contribution in [-0.4, -0.2) is 45.7 Å². The fourth-order valence-corrected chi connectivity index (χ4v) is 2.61. The number of aliphatic hydroxyl groups is 1. The summed E-state index contributed by atoms with van der Waals surface area (Å²) in [6.07, 6.45) is -6.07. The highest BCUT2D eigenvalue weighted by Gasteiger charge is 2.55. The first-order chi connectivity index (χ1) is 10.6. The molecule has 0 bridgehead atoms. The fourth-order valence-electron chi connectivity index (χ4n) is 2.61. The Hall–Kier alpha value is -2.16. The van der Waals surface area contributed by atoms with Gasteiger partial charge in [-0.25, -0.2) is 0 Å². The third kappa shape index (κ3) is 3.14. The highest BCUT2D eigenvalue weighted by molar-refractivity contribution is 5.98. The molecule has 1 aromatic carbocycles. The number of rotatable bonds is 2. The number of likely N-dealkylation sites (tertiary alicyclic amines) is 1. The van der Waals surface area contributed by atoms with Crippen LogP contribution in [0.3, 0.4) is 0 Å². The van der Waals surface area contributed by atoms with E-state index in [1.165, 1.54) is 25.1 Å². The monoisotopic (exact) mass is 332 g/mol. The largest absolute Gasteiger partial charge is 0.417 e. The lowest BCUT2D eigenvalue weighted by molar-refractivity contribution is -0.385. The molecule has 0 unspecified atom stereocenters. The van der Waals surface area contributed by atoms with Crippen molar-refractivity contribution in [2.24, 2.45) is 0 Å². The molecule has 0 spiro atoms. The molecular formula is C14H15F3N2O4. The van der Waals surface area contributed by atoms with Gasteiger partial charge in [0.2, 0.25) is 0 Å². The van der Waals surface area contributed by atoms with Gasteiger partial charge in [0, 0.05) is 31.5 Å². The summed E-state index contributed by atoms with van der Waals surface area (Å²) < 4.78 is 38.3. The lowest BCUT2D eigenvalue weighted by atomic mass is 9.90. The molecule has 9 heteroatoms. The van der Waals surface area contributed by atoms with Gasteiger partial charge in [-0.3, -0.25) is 14.9 Å². The van der Waals surface area contributed by atoms with E-state index in [1.54, 1.807) is 0 Å². The van der Waals surface area contributed by atoms with Gasteiger partial charge in [-0.2, -0.15) is 13.2 Å². The van der Waals surface area contributed by atoms with Crippen LogP contribution in [0.15, 0.2) is 18.2 Å². The molecule has 1 N–H and O–H groups in total. The minimum Gasteiger partial charge on any atom is -0.380 e. The first-order valence-corrected chi connectivity index (χ1v) is 6.89. The Balaban J connectivity index is 2.22. The second kappa shape index (κ2) is 5.80. The molecule has 0 radical (unpaired) electrons. The van der Waals surface area contributed by atoms with Gasteiger partial charge in [0.15, 0.2) is 5.60 Å². The van der Waals surface area contributed by atoms with E-state index in [0.717, 1.165) is 4.90 Å². The van der Waals surface area contributed by atoms with Gasteiger partial charge in [0.25, 0.3) is 11.6 Å². The lowest BCUT2D eigenvalue weighted by Crippen LogP contribution is -2.54. The Bertz CT molecular complexity index is 637. The number of hydrogen-bond acceptors (Lipinski definition) is 4. The number of amides is 1. The van der Waals surface area contributed by atoms with Crippen molar-refractivity contribution in [3.8, 4) is 0 Å². The van der Waals surface area contributed by atoms with Crippen LogP contribution in [0.4, 0.5) is 18.9 Å². The van der Waals surface area contributed by atoms with Crippen molar-refractivity contribution in [2.75, 3.05) is 13.1 Å². The van der Waals surface area contributed by atoms with Crippen LogP contribution in [0.1, 0.15) is 28.8 Å². The molecule has 1 aliphatic heterocycles.